The molecule has 0 radical (unpaired) electrons. The molecular formula is C10H17N3S. The molecule has 1 fully saturated rings. The number of hydrogen-bond donors (Lipinski definition) is 2. The summed E-state index contributed by atoms with van der Waals surface area (Å²) in [6.45, 7) is 5.41. The van der Waals surface area contributed by atoms with Crippen LogP contribution >= 0.6 is 11.5 Å². The smallest absolute Gasteiger partial charge is 0.142 e. The summed E-state index contributed by atoms with van der Waals surface area (Å²) in [5.41, 5.74) is 7.29. The summed E-state index contributed by atoms with van der Waals surface area (Å²) in [7, 11) is 0. The highest BCUT2D eigenvalue weighted by molar-refractivity contribution is 7.10. The standard InChI is InChI=1S/C10H17N3S/c1-7-8(11)13-14-9(7)12-6-10(2)4-3-5-10/h12H,3-6H2,1-2H3,(H2,11,13). The molecular weight excluding hydrogens is 194 g/mol. The third-order valence-electron chi connectivity index (χ3n) is 3.20. The maximum Gasteiger partial charge on any atom is 0.142 e. The van der Waals surface area contributed by atoms with Gasteiger partial charge in [0, 0.05) is 12.1 Å². The van der Waals surface area contributed by atoms with Crippen LogP contribution in [0.3, 0.4) is 0 Å². The van der Waals surface area contributed by atoms with Gasteiger partial charge in [-0.15, -0.1) is 0 Å². The Labute approximate surface area is 88.9 Å². The molecule has 1 saturated carbocycles. The number of anilines is 2. The van der Waals surface area contributed by atoms with Crippen LogP contribution in [0, 0.1) is 12.3 Å². The van der Waals surface area contributed by atoms with E-state index in [-0.39, 0.29) is 0 Å². The Balaban J connectivity index is 1.94. The van der Waals surface area contributed by atoms with E-state index >= 15 is 0 Å². The van der Waals surface area contributed by atoms with Crippen LogP contribution in [0.5, 0.6) is 0 Å². The van der Waals surface area contributed by atoms with Crippen molar-refractivity contribution < 1.29 is 0 Å². The first kappa shape index (κ1) is 9.77. The summed E-state index contributed by atoms with van der Waals surface area (Å²) in [6, 6.07) is 0. The fourth-order valence-electron chi connectivity index (χ4n) is 1.76. The van der Waals surface area contributed by atoms with Crippen LogP contribution in [0.15, 0.2) is 0 Å². The van der Waals surface area contributed by atoms with E-state index in [9.17, 15) is 0 Å². The second-order valence-corrected chi connectivity index (χ2v) is 5.31. The molecule has 2 rings (SSSR count). The molecule has 1 aromatic heterocycles. The fraction of sp³-hybridized carbons (Fsp3) is 0.700. The average Bonchev–Trinajstić information content (AvgIpc) is 2.42. The zero-order valence-electron chi connectivity index (χ0n) is 8.76. The van der Waals surface area contributed by atoms with E-state index in [0.717, 1.165) is 17.1 Å². The van der Waals surface area contributed by atoms with Crippen LogP contribution in [0.4, 0.5) is 10.8 Å². The minimum atomic E-state index is 0.505. The topological polar surface area (TPSA) is 50.9 Å². The molecule has 0 atom stereocenters. The molecule has 78 valence electrons. The van der Waals surface area contributed by atoms with Crippen molar-refractivity contribution in [3.8, 4) is 0 Å². The van der Waals surface area contributed by atoms with Gasteiger partial charge in [-0.25, -0.2) is 0 Å². The number of nitrogens with two attached hydrogens (primary N) is 1. The first-order valence-corrected chi connectivity index (χ1v) is 5.84. The molecule has 0 amide bonds. The lowest BCUT2D eigenvalue weighted by Crippen LogP contribution is -2.33. The lowest BCUT2D eigenvalue weighted by atomic mass is 9.70. The second-order valence-electron chi connectivity index (χ2n) is 4.54. The first-order chi connectivity index (χ1) is 6.61. The fourth-order valence-corrected chi connectivity index (χ4v) is 2.47. The zero-order valence-corrected chi connectivity index (χ0v) is 9.58. The van der Waals surface area contributed by atoms with Gasteiger partial charge in [0.25, 0.3) is 0 Å². The van der Waals surface area contributed by atoms with Gasteiger partial charge < -0.3 is 11.1 Å². The van der Waals surface area contributed by atoms with Gasteiger partial charge in [0.15, 0.2) is 0 Å². The van der Waals surface area contributed by atoms with Gasteiger partial charge in [0.05, 0.1) is 0 Å². The Morgan fingerprint density at radius 2 is 2.29 bits per heavy atom. The van der Waals surface area contributed by atoms with E-state index in [4.69, 9.17) is 5.73 Å². The highest BCUT2D eigenvalue weighted by atomic mass is 32.1. The van der Waals surface area contributed by atoms with Crippen molar-refractivity contribution in [3.05, 3.63) is 5.56 Å². The number of rotatable bonds is 3. The lowest BCUT2D eigenvalue weighted by molar-refractivity contribution is 0.180. The molecule has 3 nitrogen and oxygen atoms in total. The predicted molar refractivity (Wildman–Crippen MR) is 61.7 cm³/mol. The summed E-state index contributed by atoms with van der Waals surface area (Å²) in [6.07, 6.45) is 4.06. The van der Waals surface area contributed by atoms with Crippen LogP contribution in [-0.2, 0) is 0 Å². The highest BCUT2D eigenvalue weighted by Gasteiger charge is 2.31. The van der Waals surface area contributed by atoms with Gasteiger partial charge in [-0.2, -0.15) is 4.37 Å². The zero-order chi connectivity index (χ0) is 10.2. The Kier molecular flexibility index (Phi) is 2.39. The number of aromatic nitrogens is 1. The first-order valence-electron chi connectivity index (χ1n) is 5.06. The minimum absolute atomic E-state index is 0.505. The van der Waals surface area contributed by atoms with Gasteiger partial charge in [-0.05, 0) is 36.7 Å². The molecule has 0 saturated heterocycles. The van der Waals surface area contributed by atoms with E-state index in [1.807, 2.05) is 6.92 Å². The molecule has 3 N–H and O–H groups in total. The van der Waals surface area contributed by atoms with Crippen molar-refractivity contribution in [3.63, 3.8) is 0 Å². The number of nitrogens with one attached hydrogen (secondary N) is 1. The number of nitrogens with zero attached hydrogens (tertiary/aromatic N) is 1. The van der Waals surface area contributed by atoms with E-state index in [1.54, 1.807) is 0 Å². The van der Waals surface area contributed by atoms with Crippen molar-refractivity contribution in [2.45, 2.75) is 33.1 Å². The van der Waals surface area contributed by atoms with E-state index in [1.165, 1.54) is 30.8 Å². The molecule has 1 heterocycles. The molecule has 0 unspecified atom stereocenters. The Hall–Kier alpha value is -0.770. The summed E-state index contributed by atoms with van der Waals surface area (Å²) in [4.78, 5) is 0. The van der Waals surface area contributed by atoms with E-state index in [2.05, 4.69) is 16.6 Å². The Morgan fingerprint density at radius 1 is 1.57 bits per heavy atom. The number of hydrogen-bond acceptors (Lipinski definition) is 4. The van der Waals surface area contributed by atoms with Crippen LogP contribution in [-0.4, -0.2) is 10.9 Å². The third-order valence-corrected chi connectivity index (χ3v) is 4.12. The SMILES string of the molecule is Cc1c(N)nsc1NCC1(C)CCC1. The molecule has 0 aromatic carbocycles. The van der Waals surface area contributed by atoms with Gasteiger partial charge in [-0.1, -0.05) is 13.3 Å². The van der Waals surface area contributed by atoms with Crippen LogP contribution in [0.1, 0.15) is 31.7 Å². The second kappa shape index (κ2) is 3.42. The lowest BCUT2D eigenvalue weighted by Gasteiger charge is -2.38. The van der Waals surface area contributed by atoms with Crippen molar-refractivity contribution in [2.24, 2.45) is 5.41 Å². The molecule has 0 aliphatic heterocycles. The van der Waals surface area contributed by atoms with Crippen molar-refractivity contribution in [2.75, 3.05) is 17.6 Å². The monoisotopic (exact) mass is 211 g/mol. The number of nitrogen functional groups attached to an aromatic ring is 1. The molecule has 1 aromatic rings. The van der Waals surface area contributed by atoms with Gasteiger partial charge in [-0.3, -0.25) is 0 Å². The van der Waals surface area contributed by atoms with Gasteiger partial charge in [0.2, 0.25) is 0 Å². The van der Waals surface area contributed by atoms with Crippen LogP contribution < -0.4 is 11.1 Å². The van der Waals surface area contributed by atoms with Gasteiger partial charge >= 0.3 is 0 Å². The molecule has 1 aliphatic rings. The highest BCUT2D eigenvalue weighted by Crippen LogP contribution is 2.40. The van der Waals surface area contributed by atoms with Gasteiger partial charge in [0.1, 0.15) is 10.8 Å². The molecule has 4 heteroatoms. The molecule has 0 spiro atoms. The largest absolute Gasteiger partial charge is 0.383 e. The van der Waals surface area contributed by atoms with Crippen molar-refractivity contribution >= 4 is 22.4 Å². The van der Waals surface area contributed by atoms with Crippen LogP contribution in [0.25, 0.3) is 0 Å². The summed E-state index contributed by atoms with van der Waals surface area (Å²) in [5.74, 6) is 0.663. The minimum Gasteiger partial charge on any atom is -0.383 e. The summed E-state index contributed by atoms with van der Waals surface area (Å²) in [5, 5.41) is 4.59. The predicted octanol–water partition coefficient (Wildman–Crippen LogP) is 2.64. The normalized spacial score (nSPS) is 19.0. The summed E-state index contributed by atoms with van der Waals surface area (Å²) < 4.78 is 4.12. The van der Waals surface area contributed by atoms with E-state index < -0.39 is 0 Å². The quantitative estimate of drug-likeness (QED) is 0.808. The Morgan fingerprint density at radius 3 is 2.71 bits per heavy atom. The molecule has 1 aliphatic carbocycles. The van der Waals surface area contributed by atoms with Crippen molar-refractivity contribution in [1.29, 1.82) is 0 Å². The maximum atomic E-state index is 5.69. The van der Waals surface area contributed by atoms with Crippen LogP contribution in [0.2, 0.25) is 0 Å². The maximum absolute atomic E-state index is 5.69. The average molecular weight is 211 g/mol. The van der Waals surface area contributed by atoms with E-state index in [0.29, 0.717) is 11.2 Å². The Bertz CT molecular complexity index is 328. The molecule has 0 bridgehead atoms. The summed E-state index contributed by atoms with van der Waals surface area (Å²) >= 11 is 1.47. The van der Waals surface area contributed by atoms with Crippen molar-refractivity contribution in [1.82, 2.24) is 4.37 Å². The molecule has 14 heavy (non-hydrogen) atoms. The third kappa shape index (κ3) is 1.71.